The summed E-state index contributed by atoms with van der Waals surface area (Å²) in [6.07, 6.45) is 0. The van der Waals surface area contributed by atoms with Gasteiger partial charge in [0.15, 0.2) is 5.60 Å². The van der Waals surface area contributed by atoms with Crippen molar-refractivity contribution in [2.24, 2.45) is 0 Å². The van der Waals surface area contributed by atoms with E-state index in [1.54, 1.807) is 6.92 Å². The molecule has 0 bridgehead atoms. The van der Waals surface area contributed by atoms with Gasteiger partial charge < -0.3 is 9.57 Å². The molecule has 0 amide bonds. The zero-order valence-electron chi connectivity index (χ0n) is 10.0. The molecule has 4 heteroatoms. The van der Waals surface area contributed by atoms with Crippen molar-refractivity contribution in [1.29, 1.82) is 0 Å². The van der Waals surface area contributed by atoms with Crippen LogP contribution >= 0.6 is 0 Å². The van der Waals surface area contributed by atoms with Gasteiger partial charge in [0.2, 0.25) is 0 Å². The molecule has 1 rings (SSSR count). The van der Waals surface area contributed by atoms with Gasteiger partial charge in [0.05, 0.1) is 0 Å². The summed E-state index contributed by atoms with van der Waals surface area (Å²) in [6, 6.07) is 7.59. The number of hydrogen-bond donors (Lipinski definition) is 1. The highest BCUT2D eigenvalue weighted by Gasteiger charge is 2.37. The maximum Gasteiger partial charge on any atom is 0.361 e. The Morgan fingerprint density at radius 1 is 1.44 bits per heavy atom. The van der Waals surface area contributed by atoms with Crippen LogP contribution in [0, 0.1) is 6.92 Å². The SMILES string of the molecule is CNOC(=O)C(C)(OC)c1cccc(C)c1. The van der Waals surface area contributed by atoms with Gasteiger partial charge in [-0.3, -0.25) is 0 Å². The molecule has 0 aliphatic heterocycles. The molecule has 1 atom stereocenters. The molecular formula is C12H17NO3. The van der Waals surface area contributed by atoms with Crippen molar-refractivity contribution in [2.45, 2.75) is 19.4 Å². The second-order valence-corrected chi connectivity index (χ2v) is 3.70. The molecule has 16 heavy (non-hydrogen) atoms. The fourth-order valence-corrected chi connectivity index (χ4v) is 1.45. The van der Waals surface area contributed by atoms with Crippen LogP contribution in [0.3, 0.4) is 0 Å². The Morgan fingerprint density at radius 3 is 2.62 bits per heavy atom. The number of rotatable bonds is 4. The fourth-order valence-electron chi connectivity index (χ4n) is 1.45. The molecule has 88 valence electrons. The highest BCUT2D eigenvalue weighted by atomic mass is 16.7. The highest BCUT2D eigenvalue weighted by molar-refractivity contribution is 5.80. The minimum absolute atomic E-state index is 0.469. The van der Waals surface area contributed by atoms with Gasteiger partial charge in [-0.2, -0.15) is 5.48 Å². The maximum atomic E-state index is 11.8. The molecule has 0 saturated carbocycles. The first-order valence-corrected chi connectivity index (χ1v) is 5.05. The number of carbonyl (C=O) groups is 1. The molecule has 0 spiro atoms. The molecule has 0 aromatic heterocycles. The van der Waals surface area contributed by atoms with Gasteiger partial charge >= 0.3 is 5.97 Å². The predicted molar refractivity (Wildman–Crippen MR) is 60.7 cm³/mol. The van der Waals surface area contributed by atoms with E-state index in [4.69, 9.17) is 9.57 Å². The van der Waals surface area contributed by atoms with E-state index in [0.717, 1.165) is 11.1 Å². The van der Waals surface area contributed by atoms with Gasteiger partial charge in [0.25, 0.3) is 0 Å². The van der Waals surface area contributed by atoms with Gasteiger partial charge in [-0.05, 0) is 19.4 Å². The molecule has 0 radical (unpaired) electrons. The molecule has 0 saturated heterocycles. The first kappa shape index (κ1) is 12.7. The van der Waals surface area contributed by atoms with Crippen LogP contribution in [0.25, 0.3) is 0 Å². The van der Waals surface area contributed by atoms with Gasteiger partial charge in [-0.15, -0.1) is 0 Å². The van der Waals surface area contributed by atoms with Crippen molar-refractivity contribution in [3.8, 4) is 0 Å². The number of hydroxylamine groups is 1. The average molecular weight is 223 g/mol. The van der Waals surface area contributed by atoms with E-state index < -0.39 is 11.6 Å². The number of carbonyl (C=O) groups excluding carboxylic acids is 1. The lowest BCUT2D eigenvalue weighted by Crippen LogP contribution is -2.38. The van der Waals surface area contributed by atoms with E-state index >= 15 is 0 Å². The zero-order chi connectivity index (χ0) is 12.2. The van der Waals surface area contributed by atoms with E-state index in [-0.39, 0.29) is 0 Å². The zero-order valence-corrected chi connectivity index (χ0v) is 10.0. The van der Waals surface area contributed by atoms with Crippen LogP contribution in [0.4, 0.5) is 0 Å². The Bertz CT molecular complexity index is 378. The summed E-state index contributed by atoms with van der Waals surface area (Å²) < 4.78 is 5.28. The van der Waals surface area contributed by atoms with E-state index in [0.29, 0.717) is 0 Å². The lowest BCUT2D eigenvalue weighted by Gasteiger charge is -2.25. The number of benzene rings is 1. The number of methoxy groups -OCH3 is 1. The maximum absolute atomic E-state index is 11.8. The van der Waals surface area contributed by atoms with Crippen molar-refractivity contribution < 1.29 is 14.4 Å². The largest absolute Gasteiger partial charge is 0.368 e. The van der Waals surface area contributed by atoms with Crippen molar-refractivity contribution in [2.75, 3.05) is 14.2 Å². The third-order valence-electron chi connectivity index (χ3n) is 2.56. The Kier molecular flexibility index (Phi) is 4.04. The van der Waals surface area contributed by atoms with Crippen LogP contribution < -0.4 is 5.48 Å². The van der Waals surface area contributed by atoms with Crippen LogP contribution in [-0.4, -0.2) is 20.1 Å². The van der Waals surface area contributed by atoms with E-state index in [9.17, 15) is 4.79 Å². The smallest absolute Gasteiger partial charge is 0.361 e. The molecule has 1 aromatic carbocycles. The van der Waals surface area contributed by atoms with Crippen LogP contribution in [0.5, 0.6) is 0 Å². The van der Waals surface area contributed by atoms with Gasteiger partial charge in [0, 0.05) is 14.2 Å². The molecule has 0 aliphatic rings. The quantitative estimate of drug-likeness (QED) is 0.786. The van der Waals surface area contributed by atoms with Crippen LogP contribution in [0.1, 0.15) is 18.1 Å². The standard InChI is InChI=1S/C12H17NO3/c1-9-6-5-7-10(8-9)12(2,15-4)11(14)16-13-3/h5-8,13H,1-4H3. The third kappa shape index (κ3) is 2.40. The van der Waals surface area contributed by atoms with E-state index in [1.807, 2.05) is 31.2 Å². The summed E-state index contributed by atoms with van der Waals surface area (Å²) in [5, 5.41) is 0. The van der Waals surface area contributed by atoms with Crippen molar-refractivity contribution >= 4 is 5.97 Å². The molecule has 4 nitrogen and oxygen atoms in total. The molecule has 0 fully saturated rings. The van der Waals surface area contributed by atoms with Crippen LogP contribution in [0.15, 0.2) is 24.3 Å². The van der Waals surface area contributed by atoms with Gasteiger partial charge in [-0.1, -0.05) is 29.8 Å². The summed E-state index contributed by atoms with van der Waals surface area (Å²) in [4.78, 5) is 16.6. The van der Waals surface area contributed by atoms with E-state index in [2.05, 4.69) is 5.48 Å². The average Bonchev–Trinajstić information content (AvgIpc) is 2.28. The highest BCUT2D eigenvalue weighted by Crippen LogP contribution is 2.26. The Balaban J connectivity index is 3.09. The number of aryl methyl sites for hydroxylation is 1. The van der Waals surface area contributed by atoms with Crippen LogP contribution in [0.2, 0.25) is 0 Å². The number of hydrogen-bond acceptors (Lipinski definition) is 4. The Labute approximate surface area is 95.5 Å². The van der Waals surface area contributed by atoms with Crippen molar-refractivity contribution in [3.63, 3.8) is 0 Å². The Morgan fingerprint density at radius 2 is 2.12 bits per heavy atom. The van der Waals surface area contributed by atoms with Crippen LogP contribution in [-0.2, 0) is 20.0 Å². The summed E-state index contributed by atoms with van der Waals surface area (Å²) in [5.74, 6) is -0.469. The first-order valence-electron chi connectivity index (χ1n) is 5.05. The van der Waals surface area contributed by atoms with Crippen molar-refractivity contribution in [1.82, 2.24) is 5.48 Å². The molecule has 0 aliphatic carbocycles. The molecular weight excluding hydrogens is 206 g/mol. The monoisotopic (exact) mass is 223 g/mol. The molecule has 1 unspecified atom stereocenters. The normalized spacial score (nSPS) is 14.2. The lowest BCUT2D eigenvalue weighted by atomic mass is 9.94. The topological polar surface area (TPSA) is 47.6 Å². The third-order valence-corrected chi connectivity index (χ3v) is 2.56. The number of nitrogens with one attached hydrogen (secondary N) is 1. The van der Waals surface area contributed by atoms with E-state index in [1.165, 1.54) is 14.2 Å². The number of ether oxygens (including phenoxy) is 1. The first-order chi connectivity index (χ1) is 7.54. The minimum atomic E-state index is -1.09. The summed E-state index contributed by atoms with van der Waals surface area (Å²) in [5.41, 5.74) is 3.12. The molecule has 0 heterocycles. The summed E-state index contributed by atoms with van der Waals surface area (Å²) >= 11 is 0. The van der Waals surface area contributed by atoms with Gasteiger partial charge in [-0.25, -0.2) is 4.79 Å². The fraction of sp³-hybridized carbons (Fsp3) is 0.417. The Hall–Kier alpha value is -1.39. The molecule has 1 aromatic rings. The second-order valence-electron chi connectivity index (χ2n) is 3.70. The summed E-state index contributed by atoms with van der Waals surface area (Å²) in [7, 11) is 3.02. The second kappa shape index (κ2) is 5.09. The predicted octanol–water partition coefficient (Wildman–Crippen LogP) is 1.53. The molecule has 1 N–H and O–H groups in total. The summed E-state index contributed by atoms with van der Waals surface area (Å²) in [6.45, 7) is 3.64. The lowest BCUT2D eigenvalue weighted by molar-refractivity contribution is -0.175. The van der Waals surface area contributed by atoms with Gasteiger partial charge in [0.1, 0.15) is 0 Å². The minimum Gasteiger partial charge on any atom is -0.368 e. The van der Waals surface area contributed by atoms with Crippen molar-refractivity contribution in [3.05, 3.63) is 35.4 Å².